The summed E-state index contributed by atoms with van der Waals surface area (Å²) in [6, 6.07) is 4.57. The van der Waals surface area contributed by atoms with E-state index in [0.29, 0.717) is 21.6 Å². The molecular formula is C16H12ClN3O4. The van der Waals surface area contributed by atoms with Crippen LogP contribution in [0.25, 0.3) is 11.0 Å². The molecule has 7 nitrogen and oxygen atoms in total. The number of anilines is 1. The smallest absolute Gasteiger partial charge is 0.361 e. The first-order valence-corrected chi connectivity index (χ1v) is 7.30. The van der Waals surface area contributed by atoms with Crippen molar-refractivity contribution in [1.82, 2.24) is 9.97 Å². The van der Waals surface area contributed by atoms with Gasteiger partial charge in [0.25, 0.3) is 0 Å². The van der Waals surface area contributed by atoms with Gasteiger partial charge in [-0.25, -0.2) is 19.6 Å². The maximum Gasteiger partial charge on any atom is 0.361 e. The van der Waals surface area contributed by atoms with Gasteiger partial charge in [0.1, 0.15) is 12.2 Å². The van der Waals surface area contributed by atoms with Gasteiger partial charge in [0.05, 0.1) is 0 Å². The summed E-state index contributed by atoms with van der Waals surface area (Å²) in [5.74, 6) is -0.765. The van der Waals surface area contributed by atoms with Crippen molar-refractivity contribution in [2.75, 3.05) is 5.73 Å². The number of halogens is 1. The Morgan fingerprint density at radius 3 is 2.79 bits per heavy atom. The molecule has 0 atom stereocenters. The highest BCUT2D eigenvalue weighted by Gasteiger charge is 2.15. The molecule has 1 aromatic carbocycles. The van der Waals surface area contributed by atoms with Crippen LogP contribution in [0.4, 0.5) is 5.82 Å². The minimum atomic E-state index is -0.736. The fraction of sp³-hybridized carbons (Fsp3) is 0.125. The van der Waals surface area contributed by atoms with Crippen LogP contribution in [0.1, 0.15) is 21.6 Å². The summed E-state index contributed by atoms with van der Waals surface area (Å²) in [4.78, 5) is 31.3. The lowest BCUT2D eigenvalue weighted by molar-refractivity contribution is 0.0468. The van der Waals surface area contributed by atoms with Crippen molar-refractivity contribution >= 4 is 34.4 Å². The number of fused-ring (bicyclic) bond motifs is 1. The van der Waals surface area contributed by atoms with Gasteiger partial charge in [-0.2, -0.15) is 0 Å². The Hall–Kier alpha value is -2.93. The number of nitrogens with zero attached hydrogens (tertiary/aromatic N) is 2. The molecule has 0 amide bonds. The summed E-state index contributed by atoms with van der Waals surface area (Å²) in [6.45, 7) is 1.64. The van der Waals surface area contributed by atoms with Crippen LogP contribution in [-0.4, -0.2) is 15.9 Å². The summed E-state index contributed by atoms with van der Waals surface area (Å²) < 4.78 is 10.3. The number of aromatic nitrogens is 2. The number of esters is 1. The Bertz CT molecular complexity index is 1000. The summed E-state index contributed by atoms with van der Waals surface area (Å²) in [6.07, 6.45) is 2.70. The summed E-state index contributed by atoms with van der Waals surface area (Å²) in [5.41, 5.74) is 6.57. The summed E-state index contributed by atoms with van der Waals surface area (Å²) in [5, 5.41) is 1.10. The van der Waals surface area contributed by atoms with E-state index in [0.717, 1.165) is 5.56 Å². The van der Waals surface area contributed by atoms with Gasteiger partial charge in [-0.05, 0) is 24.6 Å². The molecule has 2 aromatic heterocycles. The fourth-order valence-electron chi connectivity index (χ4n) is 2.19. The summed E-state index contributed by atoms with van der Waals surface area (Å²) >= 11 is 6.12. The molecule has 0 aliphatic heterocycles. The van der Waals surface area contributed by atoms with Crippen molar-refractivity contribution in [3.05, 3.63) is 62.9 Å². The molecule has 3 rings (SSSR count). The zero-order valence-electron chi connectivity index (χ0n) is 12.6. The van der Waals surface area contributed by atoms with Gasteiger partial charge in [0.15, 0.2) is 11.5 Å². The maximum atomic E-state index is 12.0. The molecule has 0 saturated heterocycles. The number of ether oxygens (including phenoxy) is 1. The van der Waals surface area contributed by atoms with Crippen molar-refractivity contribution in [2.45, 2.75) is 13.5 Å². The third-order valence-electron chi connectivity index (χ3n) is 3.39. The van der Waals surface area contributed by atoms with Gasteiger partial charge in [0.2, 0.25) is 0 Å². The molecule has 0 fully saturated rings. The quantitative estimate of drug-likeness (QED) is 0.573. The second kappa shape index (κ2) is 6.29. The monoisotopic (exact) mass is 345 g/mol. The predicted molar refractivity (Wildman–Crippen MR) is 87.8 cm³/mol. The van der Waals surface area contributed by atoms with Crippen LogP contribution in [0.5, 0.6) is 0 Å². The molecular weight excluding hydrogens is 334 g/mol. The normalized spacial score (nSPS) is 10.8. The first-order chi connectivity index (χ1) is 11.5. The minimum absolute atomic E-state index is 0.0291. The second-order valence-electron chi connectivity index (χ2n) is 5.05. The second-order valence-corrected chi connectivity index (χ2v) is 5.46. The number of hydrogen-bond acceptors (Lipinski definition) is 7. The average molecular weight is 346 g/mol. The highest BCUT2D eigenvalue weighted by atomic mass is 35.5. The highest BCUT2D eigenvalue weighted by molar-refractivity contribution is 6.32. The van der Waals surface area contributed by atoms with Crippen molar-refractivity contribution in [2.24, 2.45) is 0 Å². The van der Waals surface area contributed by atoms with Crippen molar-refractivity contribution in [3.63, 3.8) is 0 Å². The van der Waals surface area contributed by atoms with Crippen LogP contribution in [0.15, 0.2) is 39.8 Å². The lowest BCUT2D eigenvalue weighted by atomic mass is 10.1. The molecule has 3 aromatic rings. The van der Waals surface area contributed by atoms with E-state index in [1.54, 1.807) is 19.1 Å². The fourth-order valence-corrected chi connectivity index (χ4v) is 2.35. The maximum absolute atomic E-state index is 12.0. The van der Waals surface area contributed by atoms with Gasteiger partial charge in [-0.15, -0.1) is 0 Å². The van der Waals surface area contributed by atoms with Crippen molar-refractivity contribution < 1.29 is 13.9 Å². The van der Waals surface area contributed by atoms with Gasteiger partial charge in [-0.1, -0.05) is 11.6 Å². The molecule has 2 N–H and O–H groups in total. The topological polar surface area (TPSA) is 108 Å². The SMILES string of the molecule is Cc1cc2oc(=O)cc(COC(=O)c3nccnc3N)c2cc1Cl. The van der Waals surface area contributed by atoms with Gasteiger partial charge in [-0.3, -0.25) is 0 Å². The van der Waals surface area contributed by atoms with Crippen LogP contribution in [-0.2, 0) is 11.3 Å². The van der Waals surface area contributed by atoms with E-state index >= 15 is 0 Å². The molecule has 2 heterocycles. The van der Waals surface area contributed by atoms with Crippen LogP contribution >= 0.6 is 11.6 Å². The molecule has 0 radical (unpaired) electrons. The molecule has 8 heteroatoms. The van der Waals surface area contributed by atoms with E-state index in [1.165, 1.54) is 18.5 Å². The zero-order valence-corrected chi connectivity index (χ0v) is 13.3. The Balaban J connectivity index is 1.93. The van der Waals surface area contributed by atoms with Gasteiger partial charge >= 0.3 is 11.6 Å². The Morgan fingerprint density at radius 1 is 1.29 bits per heavy atom. The van der Waals surface area contributed by atoms with Gasteiger partial charge in [0, 0.05) is 34.4 Å². The molecule has 0 aliphatic rings. The van der Waals surface area contributed by atoms with Crippen molar-refractivity contribution in [1.29, 1.82) is 0 Å². The first kappa shape index (κ1) is 15.9. The number of rotatable bonds is 3. The Kier molecular flexibility index (Phi) is 4.18. The molecule has 24 heavy (non-hydrogen) atoms. The Labute approximate surface area is 141 Å². The Morgan fingerprint density at radius 2 is 2.04 bits per heavy atom. The molecule has 122 valence electrons. The number of carbonyl (C=O) groups is 1. The van der Waals surface area contributed by atoms with Gasteiger partial charge < -0.3 is 14.9 Å². The number of benzene rings is 1. The number of nitrogen functional groups attached to an aromatic ring is 1. The van der Waals surface area contributed by atoms with E-state index in [2.05, 4.69) is 9.97 Å². The summed E-state index contributed by atoms with van der Waals surface area (Å²) in [7, 11) is 0. The van der Waals surface area contributed by atoms with Crippen LogP contribution in [0.2, 0.25) is 5.02 Å². The van der Waals surface area contributed by atoms with E-state index < -0.39 is 11.6 Å². The lowest BCUT2D eigenvalue weighted by Gasteiger charge is -2.09. The standard InChI is InChI=1S/C16H12ClN3O4/c1-8-4-12-10(6-11(8)17)9(5-13(21)24-12)7-23-16(22)14-15(18)20-3-2-19-14/h2-6H,7H2,1H3,(H2,18,20). The number of nitrogens with two attached hydrogens (primary N) is 1. The van der Waals surface area contributed by atoms with Crippen LogP contribution < -0.4 is 11.4 Å². The number of carbonyl (C=O) groups excluding carboxylic acids is 1. The largest absolute Gasteiger partial charge is 0.456 e. The molecule has 0 aliphatic carbocycles. The number of hydrogen-bond donors (Lipinski definition) is 1. The third-order valence-corrected chi connectivity index (χ3v) is 3.80. The highest BCUT2D eigenvalue weighted by Crippen LogP contribution is 2.25. The molecule has 0 unspecified atom stereocenters. The molecule has 0 saturated carbocycles. The average Bonchev–Trinajstić information content (AvgIpc) is 2.54. The first-order valence-electron chi connectivity index (χ1n) is 6.92. The van der Waals surface area contributed by atoms with E-state index in [-0.39, 0.29) is 18.1 Å². The van der Waals surface area contributed by atoms with Crippen LogP contribution in [0.3, 0.4) is 0 Å². The third kappa shape index (κ3) is 3.07. The molecule has 0 spiro atoms. The van der Waals surface area contributed by atoms with E-state index in [9.17, 15) is 9.59 Å². The van der Waals surface area contributed by atoms with E-state index in [1.807, 2.05) is 0 Å². The minimum Gasteiger partial charge on any atom is -0.456 e. The van der Waals surface area contributed by atoms with Crippen molar-refractivity contribution in [3.8, 4) is 0 Å². The predicted octanol–water partition coefficient (Wildman–Crippen LogP) is 2.48. The van der Waals surface area contributed by atoms with E-state index in [4.69, 9.17) is 26.5 Å². The number of aryl methyl sites for hydroxylation is 1. The molecule has 0 bridgehead atoms. The lowest BCUT2D eigenvalue weighted by Crippen LogP contribution is -2.12. The van der Waals surface area contributed by atoms with Crippen LogP contribution in [0, 0.1) is 6.92 Å². The zero-order chi connectivity index (χ0) is 17.3.